The number of carbonyl (C=O) groups is 1. The summed E-state index contributed by atoms with van der Waals surface area (Å²) in [6.07, 6.45) is 5.04. The van der Waals surface area contributed by atoms with Crippen LogP contribution in [0.2, 0.25) is 0 Å². The zero-order chi connectivity index (χ0) is 19.7. The van der Waals surface area contributed by atoms with E-state index in [-0.39, 0.29) is 5.91 Å². The van der Waals surface area contributed by atoms with Crippen molar-refractivity contribution >= 4 is 27.7 Å². The average Bonchev–Trinajstić information content (AvgIpc) is 3.21. The molecule has 2 aliphatic rings. The van der Waals surface area contributed by atoms with E-state index in [0.717, 1.165) is 29.7 Å². The summed E-state index contributed by atoms with van der Waals surface area (Å²) < 4.78 is 27.6. The molecule has 28 heavy (non-hydrogen) atoms. The van der Waals surface area contributed by atoms with Gasteiger partial charge in [0, 0.05) is 31.1 Å². The van der Waals surface area contributed by atoms with Gasteiger partial charge in [-0.1, -0.05) is 18.2 Å². The summed E-state index contributed by atoms with van der Waals surface area (Å²) in [5.41, 5.74) is 3.11. The van der Waals surface area contributed by atoms with Crippen LogP contribution in [-0.4, -0.2) is 56.0 Å². The third-order valence-electron chi connectivity index (χ3n) is 5.57. The average molecular weight is 417 g/mol. The van der Waals surface area contributed by atoms with Gasteiger partial charge in [-0.05, 0) is 60.9 Å². The number of benzene rings is 2. The molecule has 2 aromatic carbocycles. The third-order valence-corrected chi connectivity index (χ3v) is 8.26. The lowest BCUT2D eigenvalue weighted by atomic mass is 10.1. The topological polar surface area (TPSA) is 57.7 Å². The summed E-state index contributed by atoms with van der Waals surface area (Å²) >= 11 is 1.55. The van der Waals surface area contributed by atoms with Crippen LogP contribution in [0.4, 0.5) is 0 Å². The van der Waals surface area contributed by atoms with Crippen molar-refractivity contribution in [1.29, 1.82) is 0 Å². The maximum absolute atomic E-state index is 13.1. The van der Waals surface area contributed by atoms with E-state index in [1.165, 1.54) is 9.87 Å². The van der Waals surface area contributed by atoms with Crippen molar-refractivity contribution in [3.63, 3.8) is 0 Å². The van der Waals surface area contributed by atoms with Crippen LogP contribution in [0, 0.1) is 0 Å². The summed E-state index contributed by atoms with van der Waals surface area (Å²) in [6.45, 7) is 1.47. The molecular formula is C21H24N2O3S2. The molecule has 5 nitrogen and oxygen atoms in total. The molecule has 0 bridgehead atoms. The lowest BCUT2D eigenvalue weighted by molar-refractivity contribution is 0.0694. The first-order valence-corrected chi connectivity index (χ1v) is 12.2. The van der Waals surface area contributed by atoms with Crippen molar-refractivity contribution in [2.45, 2.75) is 29.1 Å². The van der Waals surface area contributed by atoms with Gasteiger partial charge in [-0.2, -0.15) is 4.31 Å². The highest BCUT2D eigenvalue weighted by molar-refractivity contribution is 7.98. The molecule has 1 heterocycles. The molecule has 0 spiro atoms. The number of hydrogen-bond donors (Lipinski definition) is 0. The maximum Gasteiger partial charge on any atom is 0.255 e. The maximum atomic E-state index is 13.1. The van der Waals surface area contributed by atoms with Gasteiger partial charge < -0.3 is 4.90 Å². The second-order valence-corrected chi connectivity index (χ2v) is 9.97. The van der Waals surface area contributed by atoms with Gasteiger partial charge >= 0.3 is 0 Å². The number of nitrogens with zero attached hydrogens (tertiary/aromatic N) is 2. The van der Waals surface area contributed by atoms with Crippen LogP contribution in [0.25, 0.3) is 0 Å². The minimum Gasteiger partial charge on any atom is -0.336 e. The lowest BCUT2D eigenvalue weighted by Crippen LogP contribution is -2.50. The van der Waals surface area contributed by atoms with Gasteiger partial charge in [-0.15, -0.1) is 11.8 Å². The molecule has 1 aliphatic carbocycles. The zero-order valence-electron chi connectivity index (χ0n) is 15.9. The molecule has 1 aliphatic heterocycles. The summed E-state index contributed by atoms with van der Waals surface area (Å²) in [7, 11) is -3.52. The number of hydrogen-bond acceptors (Lipinski definition) is 4. The Balaban J connectivity index is 1.47. The van der Waals surface area contributed by atoms with Crippen LogP contribution in [0.5, 0.6) is 0 Å². The Labute approximate surface area is 170 Å². The molecular weight excluding hydrogens is 392 g/mol. The van der Waals surface area contributed by atoms with Crippen molar-refractivity contribution in [2.24, 2.45) is 0 Å². The first-order valence-electron chi connectivity index (χ1n) is 9.55. The van der Waals surface area contributed by atoms with E-state index < -0.39 is 10.0 Å². The van der Waals surface area contributed by atoms with Crippen LogP contribution < -0.4 is 0 Å². The van der Waals surface area contributed by atoms with Gasteiger partial charge in [0.25, 0.3) is 5.91 Å². The smallest absolute Gasteiger partial charge is 0.255 e. The van der Waals surface area contributed by atoms with Crippen molar-refractivity contribution in [3.8, 4) is 0 Å². The predicted octanol–water partition coefficient (Wildman–Crippen LogP) is 3.04. The number of sulfonamides is 1. The SMILES string of the molecule is CSc1ccccc1C(=O)N1CCN(S(=O)(=O)c2ccc3c(c2)CCC3)CC1. The third kappa shape index (κ3) is 3.58. The lowest BCUT2D eigenvalue weighted by Gasteiger charge is -2.34. The first kappa shape index (κ1) is 19.5. The van der Waals surface area contributed by atoms with Crippen molar-refractivity contribution < 1.29 is 13.2 Å². The predicted molar refractivity (Wildman–Crippen MR) is 111 cm³/mol. The number of rotatable bonds is 4. The van der Waals surface area contributed by atoms with E-state index in [0.29, 0.717) is 36.6 Å². The van der Waals surface area contributed by atoms with Crippen LogP contribution in [0.15, 0.2) is 52.3 Å². The molecule has 148 valence electrons. The van der Waals surface area contributed by atoms with Crippen LogP contribution in [0.3, 0.4) is 0 Å². The number of aryl methyl sites for hydroxylation is 2. The molecule has 2 aromatic rings. The fourth-order valence-electron chi connectivity index (χ4n) is 3.98. The van der Waals surface area contributed by atoms with E-state index in [1.807, 2.05) is 42.7 Å². The first-order chi connectivity index (χ1) is 13.5. The molecule has 0 aromatic heterocycles. The molecule has 0 radical (unpaired) electrons. The van der Waals surface area contributed by atoms with E-state index in [4.69, 9.17) is 0 Å². The Morgan fingerprint density at radius 3 is 2.43 bits per heavy atom. The van der Waals surface area contributed by atoms with Gasteiger partial charge in [0.2, 0.25) is 10.0 Å². The van der Waals surface area contributed by atoms with Gasteiger partial charge in [-0.3, -0.25) is 4.79 Å². The molecule has 1 fully saturated rings. The molecule has 4 rings (SSSR count). The van der Waals surface area contributed by atoms with Gasteiger partial charge in [0.05, 0.1) is 10.5 Å². The van der Waals surface area contributed by atoms with E-state index in [2.05, 4.69) is 0 Å². The molecule has 1 amide bonds. The Hall–Kier alpha value is -1.83. The van der Waals surface area contributed by atoms with Crippen molar-refractivity contribution in [2.75, 3.05) is 32.4 Å². The van der Waals surface area contributed by atoms with E-state index >= 15 is 0 Å². The fraction of sp³-hybridized carbons (Fsp3) is 0.381. The van der Waals surface area contributed by atoms with Crippen LogP contribution >= 0.6 is 11.8 Å². The monoisotopic (exact) mass is 416 g/mol. The van der Waals surface area contributed by atoms with Crippen LogP contribution in [-0.2, 0) is 22.9 Å². The largest absolute Gasteiger partial charge is 0.336 e. The molecule has 0 saturated carbocycles. The van der Waals surface area contributed by atoms with Crippen molar-refractivity contribution in [1.82, 2.24) is 9.21 Å². The molecule has 0 N–H and O–H groups in total. The highest BCUT2D eigenvalue weighted by atomic mass is 32.2. The number of fused-ring (bicyclic) bond motifs is 1. The summed E-state index contributed by atoms with van der Waals surface area (Å²) in [5, 5.41) is 0. The molecule has 1 saturated heterocycles. The zero-order valence-corrected chi connectivity index (χ0v) is 17.6. The van der Waals surface area contributed by atoms with Gasteiger partial charge in [0.1, 0.15) is 0 Å². The highest BCUT2D eigenvalue weighted by Gasteiger charge is 2.31. The van der Waals surface area contributed by atoms with E-state index in [1.54, 1.807) is 22.7 Å². The second kappa shape index (κ2) is 7.89. The number of carbonyl (C=O) groups excluding carboxylic acids is 1. The van der Waals surface area contributed by atoms with Gasteiger partial charge in [-0.25, -0.2) is 8.42 Å². The second-order valence-electron chi connectivity index (χ2n) is 7.18. The van der Waals surface area contributed by atoms with Crippen molar-refractivity contribution in [3.05, 3.63) is 59.2 Å². The van der Waals surface area contributed by atoms with E-state index in [9.17, 15) is 13.2 Å². The normalized spacial score (nSPS) is 17.5. The Morgan fingerprint density at radius 2 is 1.68 bits per heavy atom. The van der Waals surface area contributed by atoms with Gasteiger partial charge in [0.15, 0.2) is 0 Å². The molecule has 0 atom stereocenters. The molecule has 7 heteroatoms. The summed E-state index contributed by atoms with van der Waals surface area (Å²) in [5.74, 6) is -0.0282. The standard InChI is InChI=1S/C21H24N2O3S2/c1-27-20-8-3-2-7-19(20)21(24)22-11-13-23(14-12-22)28(25,26)18-10-9-16-5-4-6-17(16)15-18/h2-3,7-10,15H,4-6,11-14H2,1H3. The fourth-order valence-corrected chi connectivity index (χ4v) is 6.04. The summed E-state index contributed by atoms with van der Waals surface area (Å²) in [4.78, 5) is 16.0. The molecule has 0 unspecified atom stereocenters. The minimum atomic E-state index is -3.52. The van der Waals surface area contributed by atoms with Crippen LogP contribution in [0.1, 0.15) is 27.9 Å². The Morgan fingerprint density at radius 1 is 0.964 bits per heavy atom. The summed E-state index contributed by atoms with van der Waals surface area (Å²) in [6, 6.07) is 13.1. The number of piperazine rings is 1. The number of amides is 1. The quantitative estimate of drug-likeness (QED) is 0.719. The minimum absolute atomic E-state index is 0.0282. The number of thioether (sulfide) groups is 1. The Kier molecular flexibility index (Phi) is 5.49. The highest BCUT2D eigenvalue weighted by Crippen LogP contribution is 2.27. The Bertz CT molecular complexity index is 996.